The number of nitrogens with zero attached hydrogens (tertiary/aromatic N) is 4. The third-order valence-corrected chi connectivity index (χ3v) is 3.88. The van der Waals surface area contributed by atoms with Gasteiger partial charge in [-0.1, -0.05) is 15.9 Å². The number of benzene rings is 1. The van der Waals surface area contributed by atoms with Gasteiger partial charge in [-0.3, -0.25) is 4.98 Å². The monoisotopic (exact) mass is 434 g/mol. The van der Waals surface area contributed by atoms with Crippen LogP contribution in [0.2, 0.25) is 5.28 Å². The smallest absolute Gasteiger partial charge is 0.256 e. The highest BCUT2D eigenvalue weighted by Gasteiger charge is 2.23. The second kappa shape index (κ2) is 7.09. The Hall–Kier alpha value is -2.00. The van der Waals surface area contributed by atoms with E-state index < -0.39 is 24.6 Å². The fraction of sp³-hybridized carbons (Fsp3) is 0.133. The van der Waals surface area contributed by atoms with E-state index >= 15 is 0 Å². The summed E-state index contributed by atoms with van der Waals surface area (Å²) in [6.07, 6.45) is -0.654. The fourth-order valence-corrected chi connectivity index (χ4v) is 2.97. The molecule has 0 aliphatic rings. The molecule has 4 nitrogen and oxygen atoms in total. The molecular weight excluding hydrogens is 428 g/mol. The second-order valence-electron chi connectivity index (χ2n) is 4.96. The van der Waals surface area contributed by atoms with Crippen LogP contribution in [0.1, 0.15) is 0 Å². The molecule has 0 atom stereocenters. The molecule has 0 aliphatic carbocycles. The average molecular weight is 436 g/mol. The van der Waals surface area contributed by atoms with Crippen molar-refractivity contribution >= 4 is 49.9 Å². The molecule has 2 aromatic heterocycles. The van der Waals surface area contributed by atoms with Gasteiger partial charge < -0.3 is 4.90 Å². The molecule has 130 valence electrons. The maximum absolute atomic E-state index is 14.3. The first-order valence-electron chi connectivity index (χ1n) is 6.83. The molecule has 0 unspecified atom stereocenters. The van der Waals surface area contributed by atoms with Gasteiger partial charge in [0.2, 0.25) is 5.28 Å². The summed E-state index contributed by atoms with van der Waals surface area (Å²) in [4.78, 5) is 12.4. The third-order valence-electron chi connectivity index (χ3n) is 3.25. The highest BCUT2D eigenvalue weighted by molar-refractivity contribution is 9.10. The fourth-order valence-electron chi connectivity index (χ4n) is 2.34. The molecular formula is C15H8BrClF4N4. The molecule has 0 aliphatic heterocycles. The molecule has 0 fully saturated rings. The Balaban J connectivity index is 2.28. The maximum atomic E-state index is 14.3. The highest BCUT2D eigenvalue weighted by atomic mass is 79.9. The van der Waals surface area contributed by atoms with Crippen LogP contribution in [0.25, 0.3) is 10.9 Å². The van der Waals surface area contributed by atoms with Gasteiger partial charge in [-0.05, 0) is 29.8 Å². The number of pyridine rings is 1. The zero-order chi connectivity index (χ0) is 18.1. The quantitative estimate of drug-likeness (QED) is 0.421. The lowest BCUT2D eigenvalue weighted by Crippen LogP contribution is -2.25. The maximum Gasteiger partial charge on any atom is 0.256 e. The largest absolute Gasteiger partial charge is 0.320 e. The lowest BCUT2D eigenvalue weighted by atomic mass is 10.2. The van der Waals surface area contributed by atoms with Crippen LogP contribution in [0.3, 0.4) is 0 Å². The normalized spacial score (nSPS) is 11.3. The van der Waals surface area contributed by atoms with Gasteiger partial charge in [0.15, 0.2) is 5.82 Å². The van der Waals surface area contributed by atoms with Crippen molar-refractivity contribution in [2.24, 2.45) is 0 Å². The van der Waals surface area contributed by atoms with Gasteiger partial charge in [0, 0.05) is 10.2 Å². The summed E-state index contributed by atoms with van der Waals surface area (Å²) in [5, 5.41) is -0.412. The molecule has 0 radical (unpaired) electrons. The number of hydrogen-bond acceptors (Lipinski definition) is 4. The molecule has 25 heavy (non-hydrogen) atoms. The molecule has 1 aromatic carbocycles. The summed E-state index contributed by atoms with van der Waals surface area (Å²) < 4.78 is 54.6. The van der Waals surface area contributed by atoms with E-state index in [1.807, 2.05) is 0 Å². The van der Waals surface area contributed by atoms with Crippen molar-refractivity contribution in [3.63, 3.8) is 0 Å². The molecule has 3 rings (SSSR count). The average Bonchev–Trinajstić information content (AvgIpc) is 2.50. The predicted octanol–water partition coefficient (Wildman–Crippen LogP) is 5.12. The van der Waals surface area contributed by atoms with E-state index in [0.29, 0.717) is 4.47 Å². The zero-order valence-electron chi connectivity index (χ0n) is 12.2. The SMILES string of the molecule is Fc1cc(Br)cc(N(CC(F)F)c2nc(Cl)nc3cncc(F)c23)c1. The number of halogens is 6. The first-order chi connectivity index (χ1) is 11.8. The van der Waals surface area contributed by atoms with Gasteiger partial charge in [-0.2, -0.15) is 4.98 Å². The van der Waals surface area contributed by atoms with Crippen molar-refractivity contribution in [2.45, 2.75) is 6.43 Å². The van der Waals surface area contributed by atoms with Crippen LogP contribution < -0.4 is 4.90 Å². The van der Waals surface area contributed by atoms with Gasteiger partial charge in [-0.15, -0.1) is 0 Å². The highest BCUT2D eigenvalue weighted by Crippen LogP contribution is 2.34. The van der Waals surface area contributed by atoms with Crippen LogP contribution in [0, 0.1) is 11.6 Å². The van der Waals surface area contributed by atoms with Gasteiger partial charge in [0.25, 0.3) is 6.43 Å². The van der Waals surface area contributed by atoms with Crippen molar-refractivity contribution < 1.29 is 17.6 Å². The Kier molecular flexibility index (Phi) is 5.05. The zero-order valence-corrected chi connectivity index (χ0v) is 14.6. The van der Waals surface area contributed by atoms with E-state index in [2.05, 4.69) is 30.9 Å². The molecule has 0 N–H and O–H groups in total. The Morgan fingerprint density at radius 1 is 1.12 bits per heavy atom. The Morgan fingerprint density at radius 2 is 1.88 bits per heavy atom. The first kappa shape index (κ1) is 17.8. The number of rotatable bonds is 4. The number of anilines is 2. The van der Waals surface area contributed by atoms with Gasteiger partial charge >= 0.3 is 0 Å². The minimum atomic E-state index is -2.80. The minimum Gasteiger partial charge on any atom is -0.320 e. The Labute approximate surface area is 152 Å². The van der Waals surface area contributed by atoms with Gasteiger partial charge in [0.05, 0.1) is 29.8 Å². The van der Waals surface area contributed by atoms with Crippen LogP contribution in [0.15, 0.2) is 35.1 Å². The molecule has 0 saturated carbocycles. The van der Waals surface area contributed by atoms with Crippen molar-refractivity contribution in [3.05, 3.63) is 52.0 Å². The van der Waals surface area contributed by atoms with E-state index in [9.17, 15) is 17.6 Å². The molecule has 0 bridgehead atoms. The van der Waals surface area contributed by atoms with Crippen molar-refractivity contribution in [3.8, 4) is 0 Å². The molecule has 2 heterocycles. The van der Waals surface area contributed by atoms with E-state index in [0.717, 1.165) is 17.2 Å². The summed E-state index contributed by atoms with van der Waals surface area (Å²) in [7, 11) is 0. The topological polar surface area (TPSA) is 41.9 Å². The molecule has 0 amide bonds. The van der Waals surface area contributed by atoms with Crippen LogP contribution in [0.4, 0.5) is 29.1 Å². The second-order valence-corrected chi connectivity index (χ2v) is 6.21. The van der Waals surface area contributed by atoms with Gasteiger partial charge in [-0.25, -0.2) is 22.5 Å². The van der Waals surface area contributed by atoms with Crippen LogP contribution >= 0.6 is 27.5 Å². The summed E-state index contributed by atoms with van der Waals surface area (Å²) in [6.45, 7) is -0.847. The van der Waals surface area contributed by atoms with Crippen molar-refractivity contribution in [1.29, 1.82) is 0 Å². The standard InChI is InChI=1S/C15H8BrClF4N4/c16-7-1-8(18)3-9(2-7)25(6-12(20)21)14-13-10(19)4-22-5-11(13)23-15(17)24-14/h1-5,12H,6H2. The van der Waals surface area contributed by atoms with Gasteiger partial charge in [0.1, 0.15) is 11.6 Å². The van der Waals surface area contributed by atoms with E-state index in [4.69, 9.17) is 11.6 Å². The van der Waals surface area contributed by atoms with E-state index in [-0.39, 0.29) is 27.7 Å². The van der Waals surface area contributed by atoms with Crippen molar-refractivity contribution in [2.75, 3.05) is 11.4 Å². The number of alkyl halides is 2. The lowest BCUT2D eigenvalue weighted by molar-refractivity contribution is 0.157. The summed E-state index contributed by atoms with van der Waals surface area (Å²) in [6, 6.07) is 3.61. The van der Waals surface area contributed by atoms with Crippen LogP contribution in [-0.2, 0) is 0 Å². The predicted molar refractivity (Wildman–Crippen MR) is 89.4 cm³/mol. The van der Waals surface area contributed by atoms with Crippen molar-refractivity contribution in [1.82, 2.24) is 15.0 Å². The molecule has 10 heteroatoms. The van der Waals surface area contributed by atoms with Crippen LogP contribution in [-0.4, -0.2) is 27.9 Å². The molecule has 0 saturated heterocycles. The Morgan fingerprint density at radius 3 is 2.56 bits per heavy atom. The van der Waals surface area contributed by atoms with E-state index in [1.165, 1.54) is 18.3 Å². The number of fused-ring (bicyclic) bond motifs is 1. The lowest BCUT2D eigenvalue weighted by Gasteiger charge is -2.25. The minimum absolute atomic E-state index is 0.0461. The Bertz CT molecular complexity index is 921. The summed E-state index contributed by atoms with van der Waals surface area (Å²) in [5.74, 6) is -1.66. The number of hydrogen-bond donors (Lipinski definition) is 0. The van der Waals surface area contributed by atoms with E-state index in [1.54, 1.807) is 0 Å². The first-order valence-corrected chi connectivity index (χ1v) is 8.01. The molecule has 0 spiro atoms. The molecule has 3 aromatic rings. The number of aromatic nitrogens is 3. The summed E-state index contributed by atoms with van der Waals surface area (Å²) >= 11 is 8.94. The summed E-state index contributed by atoms with van der Waals surface area (Å²) in [5.41, 5.74) is 0.101. The van der Waals surface area contributed by atoms with Crippen LogP contribution in [0.5, 0.6) is 0 Å². The third kappa shape index (κ3) is 3.82.